The topological polar surface area (TPSA) is 65.6 Å². The number of likely N-dealkylation sites (tertiary alicyclic amines) is 1. The van der Waals surface area contributed by atoms with E-state index in [0.29, 0.717) is 40.8 Å². The summed E-state index contributed by atoms with van der Waals surface area (Å²) in [6.45, 7) is 5.32. The van der Waals surface area contributed by atoms with Crippen LogP contribution in [0.25, 0.3) is 10.9 Å². The van der Waals surface area contributed by atoms with Crippen LogP contribution < -0.4 is 4.74 Å². The maximum absolute atomic E-state index is 14.4. The number of carbonyl (C=O) groups excluding carboxylic acids is 1. The molecule has 5 nitrogen and oxygen atoms in total. The van der Waals surface area contributed by atoms with Gasteiger partial charge >= 0.3 is 6.18 Å². The van der Waals surface area contributed by atoms with E-state index >= 15 is 0 Å². The van der Waals surface area contributed by atoms with Crippen LogP contribution in [0.2, 0.25) is 0 Å². The molecule has 0 radical (unpaired) electrons. The first-order chi connectivity index (χ1) is 17.4. The predicted octanol–water partition coefficient (Wildman–Crippen LogP) is 6.31. The molecule has 2 aromatic carbocycles. The lowest BCUT2D eigenvalue weighted by Gasteiger charge is -2.38. The minimum atomic E-state index is -4.87. The van der Waals surface area contributed by atoms with Gasteiger partial charge in [-0.15, -0.1) is 0 Å². The highest BCUT2D eigenvalue weighted by Crippen LogP contribution is 2.47. The molecule has 0 saturated carbocycles. The van der Waals surface area contributed by atoms with E-state index in [0.717, 1.165) is 36.0 Å². The highest BCUT2D eigenvalue weighted by molar-refractivity contribution is 9.10. The lowest BCUT2D eigenvalue weighted by molar-refractivity contribution is -0.266. The van der Waals surface area contributed by atoms with Gasteiger partial charge in [0.05, 0.1) is 6.61 Å². The number of rotatable bonds is 6. The number of H-pyrrole nitrogens is 1. The molecule has 9 heteroatoms. The molecule has 198 valence electrons. The second-order valence-electron chi connectivity index (χ2n) is 10.9. The first kappa shape index (κ1) is 26.1. The van der Waals surface area contributed by atoms with Crippen LogP contribution in [-0.4, -0.2) is 52.4 Å². The van der Waals surface area contributed by atoms with E-state index in [1.165, 1.54) is 0 Å². The van der Waals surface area contributed by atoms with Crippen molar-refractivity contribution >= 4 is 32.7 Å². The number of aliphatic hydroxyl groups is 1. The third-order valence-electron chi connectivity index (χ3n) is 7.54. The largest absolute Gasteiger partial charge is 0.493 e. The quantitative estimate of drug-likeness (QED) is 0.360. The van der Waals surface area contributed by atoms with E-state index in [1.807, 2.05) is 6.07 Å². The molecule has 1 aromatic heterocycles. The molecule has 5 rings (SSSR count). The summed E-state index contributed by atoms with van der Waals surface area (Å²) < 4.78 is 49.8. The molecule has 1 saturated heterocycles. The molecule has 0 spiro atoms. The van der Waals surface area contributed by atoms with Crippen LogP contribution in [0.15, 0.2) is 40.9 Å². The van der Waals surface area contributed by atoms with Gasteiger partial charge in [0.25, 0.3) is 5.91 Å². The average Bonchev–Trinajstić information content (AvgIpc) is 3.56. The zero-order valence-electron chi connectivity index (χ0n) is 20.8. The Bertz CT molecular complexity index is 1340. The number of hydrogen-bond donors (Lipinski definition) is 2. The molecule has 37 heavy (non-hydrogen) atoms. The van der Waals surface area contributed by atoms with Gasteiger partial charge in [0.2, 0.25) is 0 Å². The lowest BCUT2D eigenvalue weighted by atomic mass is 9.73. The summed E-state index contributed by atoms with van der Waals surface area (Å²) >= 11 is 3.47. The molecule has 2 aliphatic heterocycles. The van der Waals surface area contributed by atoms with Gasteiger partial charge in [-0.25, -0.2) is 0 Å². The smallest absolute Gasteiger partial charge is 0.417 e. The predicted molar refractivity (Wildman–Crippen MR) is 139 cm³/mol. The Morgan fingerprint density at radius 2 is 1.86 bits per heavy atom. The highest BCUT2D eigenvalue weighted by Gasteiger charge is 2.56. The van der Waals surface area contributed by atoms with Gasteiger partial charge in [-0.1, -0.05) is 29.8 Å². The minimum Gasteiger partial charge on any atom is -0.493 e. The molecule has 3 heterocycles. The van der Waals surface area contributed by atoms with Crippen LogP contribution in [0.1, 0.15) is 60.3 Å². The third-order valence-corrected chi connectivity index (χ3v) is 8.00. The van der Waals surface area contributed by atoms with Gasteiger partial charge in [0.1, 0.15) is 5.75 Å². The molecular formula is C28H30BrF3N2O3. The van der Waals surface area contributed by atoms with Crippen LogP contribution >= 0.6 is 15.9 Å². The third kappa shape index (κ3) is 5.00. The SMILES string of the molecule is CC(C)(CC(O)(Cc1cc2cc(C(=O)N3CCCC3)ccc2[nH]1)C(F)(F)F)c1cc(Br)cc2c1OCC2. The Morgan fingerprint density at radius 1 is 1.14 bits per heavy atom. The summed E-state index contributed by atoms with van der Waals surface area (Å²) in [5.41, 5.74) is -1.05. The summed E-state index contributed by atoms with van der Waals surface area (Å²) in [5.74, 6) is 0.540. The molecular weight excluding hydrogens is 549 g/mol. The molecule has 2 aliphatic rings. The maximum Gasteiger partial charge on any atom is 0.417 e. The zero-order valence-corrected chi connectivity index (χ0v) is 22.4. The van der Waals surface area contributed by atoms with Crippen LogP contribution in [-0.2, 0) is 18.3 Å². The summed E-state index contributed by atoms with van der Waals surface area (Å²) in [6.07, 6.45) is -3.41. The molecule has 1 atom stereocenters. The van der Waals surface area contributed by atoms with Crippen molar-refractivity contribution in [3.63, 3.8) is 0 Å². The van der Waals surface area contributed by atoms with Crippen LogP contribution in [0.3, 0.4) is 0 Å². The molecule has 0 aliphatic carbocycles. The Balaban J connectivity index is 1.44. The van der Waals surface area contributed by atoms with Gasteiger partial charge < -0.3 is 19.7 Å². The van der Waals surface area contributed by atoms with E-state index in [4.69, 9.17) is 4.74 Å². The van der Waals surface area contributed by atoms with Crippen molar-refractivity contribution in [2.24, 2.45) is 0 Å². The van der Waals surface area contributed by atoms with E-state index in [1.54, 1.807) is 49.1 Å². The second-order valence-corrected chi connectivity index (χ2v) is 11.8. The number of aromatic amines is 1. The van der Waals surface area contributed by atoms with Crippen molar-refractivity contribution in [3.05, 3.63) is 63.3 Å². The Hall–Kier alpha value is -2.52. The fourth-order valence-electron chi connectivity index (χ4n) is 5.70. The number of ether oxygens (including phenoxy) is 1. The van der Waals surface area contributed by atoms with E-state index in [2.05, 4.69) is 20.9 Å². The van der Waals surface area contributed by atoms with Gasteiger partial charge in [0, 0.05) is 58.1 Å². The summed E-state index contributed by atoms with van der Waals surface area (Å²) in [5, 5.41) is 11.8. The number of halogens is 4. The van der Waals surface area contributed by atoms with E-state index in [9.17, 15) is 23.1 Å². The first-order valence-corrected chi connectivity index (χ1v) is 13.3. The Kier molecular flexibility index (Phi) is 6.59. The van der Waals surface area contributed by atoms with Gasteiger partial charge in [-0.3, -0.25) is 4.79 Å². The molecule has 1 amide bonds. The number of alkyl halides is 3. The van der Waals surface area contributed by atoms with Crippen molar-refractivity contribution in [1.29, 1.82) is 0 Å². The Labute approximate surface area is 222 Å². The first-order valence-electron chi connectivity index (χ1n) is 12.5. The van der Waals surface area contributed by atoms with Gasteiger partial charge in [-0.05, 0) is 66.6 Å². The highest BCUT2D eigenvalue weighted by atomic mass is 79.9. The number of nitrogens with zero attached hydrogens (tertiary/aromatic N) is 1. The van der Waals surface area contributed by atoms with Gasteiger partial charge in [-0.2, -0.15) is 13.2 Å². The fourth-order valence-corrected chi connectivity index (χ4v) is 6.21. The number of fused-ring (bicyclic) bond motifs is 2. The molecule has 2 N–H and O–H groups in total. The van der Waals surface area contributed by atoms with Crippen molar-refractivity contribution in [2.45, 2.75) is 63.1 Å². The lowest BCUT2D eigenvalue weighted by Crippen LogP contribution is -2.51. The summed E-state index contributed by atoms with van der Waals surface area (Å²) in [4.78, 5) is 17.6. The number of aromatic nitrogens is 1. The summed E-state index contributed by atoms with van der Waals surface area (Å²) in [6, 6.07) is 10.4. The van der Waals surface area contributed by atoms with Crippen LogP contribution in [0, 0.1) is 0 Å². The summed E-state index contributed by atoms with van der Waals surface area (Å²) in [7, 11) is 0. The molecule has 3 aromatic rings. The van der Waals surface area contributed by atoms with E-state index < -0.39 is 30.0 Å². The Morgan fingerprint density at radius 3 is 2.57 bits per heavy atom. The van der Waals surface area contributed by atoms with Crippen molar-refractivity contribution < 1.29 is 27.8 Å². The van der Waals surface area contributed by atoms with Crippen molar-refractivity contribution in [3.8, 4) is 5.75 Å². The number of benzene rings is 2. The van der Waals surface area contributed by atoms with Gasteiger partial charge in [0.15, 0.2) is 5.60 Å². The van der Waals surface area contributed by atoms with E-state index in [-0.39, 0.29) is 11.6 Å². The number of carbonyl (C=O) groups is 1. The fraction of sp³-hybridized carbons (Fsp3) is 0.464. The zero-order chi connectivity index (χ0) is 26.6. The molecule has 1 unspecified atom stereocenters. The molecule has 0 bridgehead atoms. The van der Waals surface area contributed by atoms with Crippen LogP contribution in [0.5, 0.6) is 5.75 Å². The van der Waals surface area contributed by atoms with Crippen LogP contribution in [0.4, 0.5) is 13.2 Å². The minimum absolute atomic E-state index is 0.0699. The number of hydrogen-bond acceptors (Lipinski definition) is 3. The number of amides is 1. The molecule has 1 fully saturated rings. The standard InChI is InChI=1S/C28H30BrF3N2O3/c1-26(2,22-14-20(29)12-17-7-10-37-24(17)22)16-27(36,28(30,31)32)15-21-13-19-11-18(5-6-23(19)33-21)25(35)34-8-3-4-9-34/h5-6,11-14,33,36H,3-4,7-10,15-16H2,1-2H3. The maximum atomic E-state index is 14.4. The normalized spacial score (nSPS) is 17.6. The second kappa shape index (κ2) is 9.34. The van der Waals surface area contributed by atoms with Crippen molar-refractivity contribution in [1.82, 2.24) is 9.88 Å². The average molecular weight is 579 g/mol. The monoisotopic (exact) mass is 578 g/mol. The van der Waals surface area contributed by atoms with Crippen molar-refractivity contribution in [2.75, 3.05) is 19.7 Å². The number of nitrogens with one attached hydrogen (secondary N) is 1.